The Morgan fingerprint density at radius 2 is 2.08 bits per heavy atom. The van der Waals surface area contributed by atoms with Gasteiger partial charge in [-0.15, -0.1) is 0 Å². The average Bonchev–Trinajstić information content (AvgIpc) is 3.16. The third kappa shape index (κ3) is 4.47. The molecule has 1 N–H and O–H groups in total. The van der Waals surface area contributed by atoms with Gasteiger partial charge in [-0.05, 0) is 41.5 Å². The van der Waals surface area contributed by atoms with Gasteiger partial charge in [-0.1, -0.05) is 35.3 Å². The van der Waals surface area contributed by atoms with Crippen molar-refractivity contribution < 1.29 is 4.79 Å². The first-order chi connectivity index (χ1) is 12.1. The van der Waals surface area contributed by atoms with Crippen LogP contribution in [-0.4, -0.2) is 20.7 Å². The van der Waals surface area contributed by atoms with Crippen LogP contribution in [0.2, 0.25) is 10.0 Å². The molecule has 1 aromatic carbocycles. The fraction of sp³-hybridized carbons (Fsp3) is 0.0556. The zero-order valence-electron chi connectivity index (χ0n) is 13.1. The predicted octanol–water partition coefficient (Wildman–Crippen LogP) is 3.90. The van der Waals surface area contributed by atoms with Crippen molar-refractivity contribution in [3.8, 4) is 5.82 Å². The number of nitrogens with zero attached hydrogens (tertiary/aromatic N) is 3. The summed E-state index contributed by atoms with van der Waals surface area (Å²) in [6.07, 6.45) is 8.22. The van der Waals surface area contributed by atoms with E-state index in [-0.39, 0.29) is 5.91 Å². The number of pyridine rings is 1. The molecule has 0 fully saturated rings. The smallest absolute Gasteiger partial charge is 0.244 e. The first-order valence-corrected chi connectivity index (χ1v) is 8.24. The van der Waals surface area contributed by atoms with Gasteiger partial charge in [0.05, 0.1) is 10.0 Å². The quantitative estimate of drug-likeness (QED) is 0.690. The minimum absolute atomic E-state index is 0.228. The molecule has 0 aliphatic rings. The molecule has 7 heteroatoms. The second-order valence-corrected chi connectivity index (χ2v) is 5.95. The van der Waals surface area contributed by atoms with Crippen LogP contribution in [0.1, 0.15) is 11.1 Å². The van der Waals surface area contributed by atoms with Crippen molar-refractivity contribution in [2.24, 2.45) is 0 Å². The van der Waals surface area contributed by atoms with Gasteiger partial charge in [-0.2, -0.15) is 5.10 Å². The molecular weight excluding hydrogens is 359 g/mol. The number of carbonyl (C=O) groups excluding carboxylic acids is 1. The van der Waals surface area contributed by atoms with Crippen LogP contribution in [0.3, 0.4) is 0 Å². The summed E-state index contributed by atoms with van der Waals surface area (Å²) in [7, 11) is 0. The van der Waals surface area contributed by atoms with Gasteiger partial charge in [-0.25, -0.2) is 9.67 Å². The van der Waals surface area contributed by atoms with Crippen LogP contribution < -0.4 is 5.32 Å². The van der Waals surface area contributed by atoms with Crippen molar-refractivity contribution in [2.75, 3.05) is 0 Å². The highest BCUT2D eigenvalue weighted by atomic mass is 35.5. The number of hydrogen-bond acceptors (Lipinski definition) is 3. The molecule has 0 radical (unpaired) electrons. The summed E-state index contributed by atoms with van der Waals surface area (Å²) in [5.74, 6) is 0.464. The van der Waals surface area contributed by atoms with E-state index in [4.69, 9.17) is 23.2 Å². The Hall–Kier alpha value is -2.63. The molecule has 0 unspecified atom stereocenters. The van der Waals surface area contributed by atoms with E-state index in [9.17, 15) is 4.79 Å². The average molecular weight is 373 g/mol. The van der Waals surface area contributed by atoms with Crippen LogP contribution in [0.25, 0.3) is 11.9 Å². The minimum atomic E-state index is -0.228. The molecule has 2 heterocycles. The zero-order valence-corrected chi connectivity index (χ0v) is 14.6. The van der Waals surface area contributed by atoms with Gasteiger partial charge >= 0.3 is 0 Å². The maximum Gasteiger partial charge on any atom is 0.244 e. The van der Waals surface area contributed by atoms with E-state index in [1.165, 1.54) is 6.08 Å². The first-order valence-electron chi connectivity index (χ1n) is 7.48. The van der Waals surface area contributed by atoms with E-state index in [2.05, 4.69) is 15.4 Å². The summed E-state index contributed by atoms with van der Waals surface area (Å²) < 4.78 is 1.66. The van der Waals surface area contributed by atoms with Gasteiger partial charge in [0.25, 0.3) is 0 Å². The van der Waals surface area contributed by atoms with Gasteiger partial charge in [0, 0.05) is 31.2 Å². The molecule has 126 valence electrons. The topological polar surface area (TPSA) is 59.8 Å². The summed E-state index contributed by atoms with van der Waals surface area (Å²) >= 11 is 12.0. The van der Waals surface area contributed by atoms with E-state index in [0.717, 1.165) is 5.56 Å². The number of nitrogens with one attached hydrogen (secondary N) is 1. The number of hydrogen-bond donors (Lipinski definition) is 1. The van der Waals surface area contributed by atoms with Crippen LogP contribution in [0, 0.1) is 0 Å². The molecule has 0 bridgehead atoms. The molecule has 5 nitrogen and oxygen atoms in total. The second-order valence-electron chi connectivity index (χ2n) is 5.17. The summed E-state index contributed by atoms with van der Waals surface area (Å²) in [6.45, 7) is 0.378. The fourth-order valence-electron chi connectivity index (χ4n) is 2.16. The Balaban J connectivity index is 1.62. The Kier molecular flexibility index (Phi) is 5.48. The summed E-state index contributed by atoms with van der Waals surface area (Å²) in [4.78, 5) is 16.2. The van der Waals surface area contributed by atoms with Crippen molar-refractivity contribution in [1.82, 2.24) is 20.1 Å². The van der Waals surface area contributed by atoms with Crippen molar-refractivity contribution in [3.05, 3.63) is 82.2 Å². The lowest BCUT2D eigenvalue weighted by Crippen LogP contribution is -2.20. The van der Waals surface area contributed by atoms with Crippen LogP contribution >= 0.6 is 23.2 Å². The minimum Gasteiger partial charge on any atom is -0.348 e. The molecule has 0 aliphatic heterocycles. The van der Waals surface area contributed by atoms with E-state index < -0.39 is 0 Å². The predicted molar refractivity (Wildman–Crippen MR) is 98.7 cm³/mol. The van der Waals surface area contributed by atoms with Crippen LogP contribution in [0.15, 0.2) is 61.1 Å². The summed E-state index contributed by atoms with van der Waals surface area (Å²) in [5.41, 5.74) is 1.61. The molecule has 2 aromatic heterocycles. The maximum atomic E-state index is 12.0. The van der Waals surface area contributed by atoms with E-state index >= 15 is 0 Å². The number of aromatic nitrogens is 3. The van der Waals surface area contributed by atoms with Crippen molar-refractivity contribution in [2.45, 2.75) is 6.54 Å². The molecule has 0 saturated heterocycles. The lowest BCUT2D eigenvalue weighted by molar-refractivity contribution is -0.116. The normalized spacial score (nSPS) is 11.0. The van der Waals surface area contributed by atoms with Gasteiger partial charge < -0.3 is 5.32 Å². The standard InChI is InChI=1S/C18H14Cl2N4O/c19-15-4-1-3-14(18(15)20)5-6-17(25)22-12-13-7-9-21-16(11-13)24-10-2-8-23-24/h1-11H,12H2,(H,22,25)/b6-5+. The molecule has 3 aromatic rings. The van der Waals surface area contributed by atoms with Crippen molar-refractivity contribution in [1.29, 1.82) is 0 Å². The highest BCUT2D eigenvalue weighted by molar-refractivity contribution is 6.42. The van der Waals surface area contributed by atoms with Gasteiger partial charge in [0.15, 0.2) is 5.82 Å². The van der Waals surface area contributed by atoms with Crippen molar-refractivity contribution in [3.63, 3.8) is 0 Å². The largest absolute Gasteiger partial charge is 0.348 e. The highest BCUT2D eigenvalue weighted by Crippen LogP contribution is 2.26. The Labute approximate surface area is 154 Å². The lowest BCUT2D eigenvalue weighted by Gasteiger charge is -2.05. The molecule has 0 saturated carbocycles. The van der Waals surface area contributed by atoms with E-state index in [1.807, 2.05) is 24.4 Å². The van der Waals surface area contributed by atoms with Crippen LogP contribution in [0.5, 0.6) is 0 Å². The van der Waals surface area contributed by atoms with Crippen LogP contribution in [0.4, 0.5) is 0 Å². The number of halogens is 2. The summed E-state index contributed by atoms with van der Waals surface area (Å²) in [6, 6.07) is 10.8. The Bertz CT molecular complexity index is 907. The lowest BCUT2D eigenvalue weighted by atomic mass is 10.2. The molecule has 1 amide bonds. The first kappa shape index (κ1) is 17.2. The van der Waals surface area contributed by atoms with Gasteiger partial charge in [-0.3, -0.25) is 4.79 Å². The number of rotatable bonds is 5. The van der Waals surface area contributed by atoms with E-state index in [0.29, 0.717) is 28.0 Å². The van der Waals surface area contributed by atoms with Gasteiger partial charge in [0.1, 0.15) is 0 Å². The molecule has 3 rings (SSSR count). The number of amides is 1. The Morgan fingerprint density at radius 3 is 2.88 bits per heavy atom. The number of benzene rings is 1. The highest BCUT2D eigenvalue weighted by Gasteiger charge is 2.03. The Morgan fingerprint density at radius 1 is 1.20 bits per heavy atom. The third-order valence-corrected chi connectivity index (χ3v) is 4.25. The fourth-order valence-corrected chi connectivity index (χ4v) is 2.53. The second kappa shape index (κ2) is 7.96. The van der Waals surface area contributed by atoms with E-state index in [1.54, 1.807) is 41.4 Å². The molecule has 0 atom stereocenters. The monoisotopic (exact) mass is 372 g/mol. The van der Waals surface area contributed by atoms with Crippen LogP contribution in [-0.2, 0) is 11.3 Å². The molecule has 25 heavy (non-hydrogen) atoms. The van der Waals surface area contributed by atoms with Crippen molar-refractivity contribution >= 4 is 35.2 Å². The molecular formula is C18H14Cl2N4O. The molecule has 0 aliphatic carbocycles. The van der Waals surface area contributed by atoms with Gasteiger partial charge in [0.2, 0.25) is 5.91 Å². The maximum absolute atomic E-state index is 12.0. The third-order valence-electron chi connectivity index (χ3n) is 3.41. The summed E-state index contributed by atoms with van der Waals surface area (Å²) in [5, 5.41) is 7.82. The molecule has 0 spiro atoms. The SMILES string of the molecule is O=C(/C=C/c1cccc(Cl)c1Cl)NCc1ccnc(-n2cccn2)c1. The number of carbonyl (C=O) groups is 1. The zero-order chi connectivity index (χ0) is 17.6.